The molecule has 2 rings (SSSR count). The topological polar surface area (TPSA) is 47.8 Å². The summed E-state index contributed by atoms with van der Waals surface area (Å²) in [4.78, 5) is 20.9. The van der Waals surface area contributed by atoms with Gasteiger partial charge in [0.15, 0.2) is 0 Å². The van der Waals surface area contributed by atoms with Gasteiger partial charge in [-0.2, -0.15) is 0 Å². The Kier molecular flexibility index (Phi) is 4.10. The maximum atomic E-state index is 12.1. The summed E-state index contributed by atoms with van der Waals surface area (Å²) in [6.07, 6.45) is 1.60. The quantitative estimate of drug-likeness (QED) is 0.743. The lowest BCUT2D eigenvalue weighted by molar-refractivity contribution is 0.569. The van der Waals surface area contributed by atoms with E-state index in [1.54, 1.807) is 22.2 Å². The molecule has 0 aliphatic heterocycles. The zero-order valence-corrected chi connectivity index (χ0v) is 14.4. The van der Waals surface area contributed by atoms with Crippen LogP contribution in [0.2, 0.25) is 0 Å². The average molecular weight is 389 g/mol. The van der Waals surface area contributed by atoms with Crippen molar-refractivity contribution in [2.24, 2.45) is 0 Å². The van der Waals surface area contributed by atoms with Gasteiger partial charge in [0.25, 0.3) is 5.56 Å². The van der Waals surface area contributed by atoms with E-state index < -0.39 is 0 Å². The summed E-state index contributed by atoms with van der Waals surface area (Å²) in [7, 11) is 0. The molecule has 102 valence electrons. The van der Waals surface area contributed by atoms with Crippen molar-refractivity contribution in [3.05, 3.63) is 42.0 Å². The van der Waals surface area contributed by atoms with Crippen LogP contribution in [-0.2, 0) is 12.0 Å². The summed E-state index contributed by atoms with van der Waals surface area (Å²) in [5.41, 5.74) is 1.88. The van der Waals surface area contributed by atoms with Crippen LogP contribution < -0.4 is 5.56 Å². The first-order valence-corrected chi connectivity index (χ1v) is 7.91. The number of nitrogens with zero attached hydrogens (tertiary/aromatic N) is 3. The second-order valence-corrected chi connectivity index (χ2v) is 7.47. The fourth-order valence-electron chi connectivity index (χ4n) is 1.53. The minimum Gasteiger partial charge on any atom is -0.291 e. The Balaban J connectivity index is 2.30. The molecule has 4 nitrogen and oxygen atoms in total. The Hall–Kier alpha value is -0.760. The molecule has 19 heavy (non-hydrogen) atoms. The van der Waals surface area contributed by atoms with Gasteiger partial charge < -0.3 is 0 Å². The van der Waals surface area contributed by atoms with Crippen LogP contribution in [-0.4, -0.2) is 14.5 Å². The van der Waals surface area contributed by atoms with E-state index in [4.69, 9.17) is 0 Å². The lowest BCUT2D eigenvalue weighted by Gasteiger charge is -2.14. The number of rotatable bonds is 2. The van der Waals surface area contributed by atoms with Crippen LogP contribution in [0.3, 0.4) is 0 Å². The summed E-state index contributed by atoms with van der Waals surface area (Å²) in [5.74, 6) is 0. The Labute approximate surface area is 130 Å². The highest BCUT2D eigenvalue weighted by molar-refractivity contribution is 14.1. The van der Waals surface area contributed by atoms with E-state index in [1.807, 2.05) is 29.5 Å². The van der Waals surface area contributed by atoms with Gasteiger partial charge in [0.1, 0.15) is 5.01 Å². The number of halogens is 1. The third-order valence-corrected chi connectivity index (χ3v) is 4.86. The Morgan fingerprint density at radius 3 is 2.68 bits per heavy atom. The third kappa shape index (κ3) is 3.22. The zero-order chi connectivity index (χ0) is 14.2. The molecule has 0 spiro atoms. The first-order valence-electron chi connectivity index (χ1n) is 5.95. The van der Waals surface area contributed by atoms with Crippen LogP contribution in [0.1, 0.15) is 37.2 Å². The summed E-state index contributed by atoms with van der Waals surface area (Å²) >= 11 is 3.63. The monoisotopic (exact) mass is 389 g/mol. The number of aromatic nitrogens is 3. The van der Waals surface area contributed by atoms with Gasteiger partial charge in [0.2, 0.25) is 0 Å². The van der Waals surface area contributed by atoms with E-state index in [9.17, 15) is 4.79 Å². The number of hydrogen-bond acceptors (Lipinski definition) is 4. The van der Waals surface area contributed by atoms with Crippen LogP contribution in [0, 0.1) is 10.5 Å². The van der Waals surface area contributed by atoms with Gasteiger partial charge in [-0.1, -0.05) is 20.8 Å². The highest BCUT2D eigenvalue weighted by Crippen LogP contribution is 2.24. The molecule has 0 bridgehead atoms. The molecule has 0 fully saturated rings. The van der Waals surface area contributed by atoms with Crippen molar-refractivity contribution < 1.29 is 0 Å². The van der Waals surface area contributed by atoms with Crippen molar-refractivity contribution in [1.29, 1.82) is 0 Å². The molecule has 2 aromatic heterocycles. The maximum Gasteiger partial charge on any atom is 0.267 e. The molecule has 0 saturated carbocycles. The molecule has 0 aromatic carbocycles. The first-order chi connectivity index (χ1) is 8.79. The first kappa shape index (κ1) is 14.6. The van der Waals surface area contributed by atoms with Crippen molar-refractivity contribution in [2.45, 2.75) is 39.7 Å². The van der Waals surface area contributed by atoms with E-state index in [-0.39, 0.29) is 11.0 Å². The van der Waals surface area contributed by atoms with E-state index in [0.717, 1.165) is 16.4 Å². The molecular formula is C13H16IN3OS. The molecule has 0 unspecified atom stereocenters. The molecule has 6 heteroatoms. The van der Waals surface area contributed by atoms with Gasteiger partial charge in [0.05, 0.1) is 27.8 Å². The van der Waals surface area contributed by atoms with E-state index >= 15 is 0 Å². The fourth-order valence-corrected chi connectivity index (χ4v) is 3.00. The number of aryl methyl sites for hydroxylation is 1. The van der Waals surface area contributed by atoms with Crippen LogP contribution >= 0.6 is 33.9 Å². The molecule has 0 saturated heterocycles. The van der Waals surface area contributed by atoms with Crippen LogP contribution in [0.25, 0.3) is 0 Å². The van der Waals surface area contributed by atoms with Crippen molar-refractivity contribution >= 4 is 33.9 Å². The molecule has 0 aliphatic rings. The smallest absolute Gasteiger partial charge is 0.267 e. The Morgan fingerprint density at radius 1 is 1.42 bits per heavy atom. The lowest BCUT2D eigenvalue weighted by Crippen LogP contribution is -2.24. The van der Waals surface area contributed by atoms with Crippen LogP contribution in [0.5, 0.6) is 0 Å². The highest BCUT2D eigenvalue weighted by atomic mass is 127. The molecule has 0 aliphatic carbocycles. The zero-order valence-electron chi connectivity index (χ0n) is 11.4. The molecule has 0 radical (unpaired) electrons. The van der Waals surface area contributed by atoms with Gasteiger partial charge in [-0.3, -0.25) is 9.36 Å². The van der Waals surface area contributed by atoms with Crippen LogP contribution in [0.15, 0.2) is 16.5 Å². The summed E-state index contributed by atoms with van der Waals surface area (Å²) in [6.45, 7) is 8.73. The molecule has 0 atom stereocenters. The maximum absolute atomic E-state index is 12.1. The Bertz CT molecular complexity index is 655. The van der Waals surface area contributed by atoms with Gasteiger partial charge in [-0.05, 0) is 29.5 Å². The van der Waals surface area contributed by atoms with Crippen molar-refractivity contribution in [2.75, 3.05) is 0 Å². The van der Waals surface area contributed by atoms with E-state index in [0.29, 0.717) is 10.1 Å². The normalized spacial score (nSPS) is 11.8. The predicted octanol–water partition coefficient (Wildman–Crippen LogP) is 2.96. The molecular weight excluding hydrogens is 373 g/mol. The predicted molar refractivity (Wildman–Crippen MR) is 85.9 cm³/mol. The van der Waals surface area contributed by atoms with Gasteiger partial charge in [-0.25, -0.2) is 9.97 Å². The molecule has 0 amide bonds. The van der Waals surface area contributed by atoms with Gasteiger partial charge in [-0.15, -0.1) is 11.3 Å². The molecule has 2 heterocycles. The minimum atomic E-state index is 0.000564. The average Bonchev–Trinajstić information content (AvgIpc) is 2.78. The number of hydrogen-bond donors (Lipinski definition) is 0. The SMILES string of the molecule is Cc1ncn(Cc2nc(C(C)(C)C)cs2)c(=O)c1I. The summed E-state index contributed by atoms with van der Waals surface area (Å²) in [5, 5.41) is 3.00. The summed E-state index contributed by atoms with van der Waals surface area (Å²) in [6, 6.07) is 0. The molecule has 0 N–H and O–H groups in total. The fraction of sp³-hybridized carbons (Fsp3) is 0.462. The van der Waals surface area contributed by atoms with Crippen molar-refractivity contribution in [1.82, 2.24) is 14.5 Å². The van der Waals surface area contributed by atoms with E-state index in [1.165, 1.54) is 0 Å². The van der Waals surface area contributed by atoms with Gasteiger partial charge >= 0.3 is 0 Å². The highest BCUT2D eigenvalue weighted by Gasteiger charge is 2.17. The van der Waals surface area contributed by atoms with Gasteiger partial charge in [0, 0.05) is 10.8 Å². The second-order valence-electron chi connectivity index (χ2n) is 5.45. The molecule has 2 aromatic rings. The lowest BCUT2D eigenvalue weighted by atomic mass is 9.93. The standard InChI is InChI=1S/C13H16IN3OS/c1-8-11(14)12(18)17(7-15-8)5-10-16-9(6-19-10)13(2,3)4/h6-7H,5H2,1-4H3. The van der Waals surface area contributed by atoms with E-state index in [2.05, 4.69) is 36.1 Å². The third-order valence-electron chi connectivity index (χ3n) is 2.78. The number of thiazole rings is 1. The largest absolute Gasteiger partial charge is 0.291 e. The summed E-state index contributed by atoms with van der Waals surface area (Å²) < 4.78 is 2.28. The minimum absolute atomic E-state index is 0.000564. The second kappa shape index (κ2) is 5.32. The Morgan fingerprint density at radius 2 is 2.11 bits per heavy atom. The van der Waals surface area contributed by atoms with Crippen molar-refractivity contribution in [3.63, 3.8) is 0 Å². The van der Waals surface area contributed by atoms with Crippen molar-refractivity contribution in [3.8, 4) is 0 Å². The van der Waals surface area contributed by atoms with Crippen LogP contribution in [0.4, 0.5) is 0 Å².